The maximum atomic E-state index is 3.72. The second-order valence-electron chi connectivity index (χ2n) is 6.07. The molecule has 0 aromatic heterocycles. The van der Waals surface area contributed by atoms with Crippen LogP contribution in [0, 0.1) is 5.92 Å². The van der Waals surface area contributed by atoms with Gasteiger partial charge in [-0.15, -0.1) is 0 Å². The molecule has 108 valence electrons. The maximum absolute atomic E-state index is 3.72. The Kier molecular flexibility index (Phi) is 7.92. The van der Waals surface area contributed by atoms with Gasteiger partial charge < -0.3 is 10.2 Å². The molecule has 0 heterocycles. The van der Waals surface area contributed by atoms with Crippen molar-refractivity contribution in [3.8, 4) is 0 Å². The van der Waals surface area contributed by atoms with Crippen LogP contribution in [-0.2, 0) is 0 Å². The molecule has 1 aliphatic carbocycles. The Labute approximate surface area is 115 Å². The van der Waals surface area contributed by atoms with Crippen LogP contribution in [0.2, 0.25) is 0 Å². The van der Waals surface area contributed by atoms with Gasteiger partial charge in [0.25, 0.3) is 0 Å². The number of nitrogens with zero attached hydrogens (tertiary/aromatic N) is 1. The number of hydrogen-bond donors (Lipinski definition) is 1. The molecular formula is C16H34N2. The molecule has 3 unspecified atom stereocenters. The minimum atomic E-state index is 0.773. The van der Waals surface area contributed by atoms with Crippen molar-refractivity contribution in [1.82, 2.24) is 10.2 Å². The smallest absolute Gasteiger partial charge is 0.0110 e. The van der Waals surface area contributed by atoms with Crippen molar-refractivity contribution in [2.45, 2.75) is 78.3 Å². The Morgan fingerprint density at radius 3 is 2.61 bits per heavy atom. The normalized spacial score (nSPS) is 26.5. The molecular weight excluding hydrogens is 220 g/mol. The van der Waals surface area contributed by atoms with Crippen LogP contribution in [0.25, 0.3) is 0 Å². The lowest BCUT2D eigenvalue weighted by Crippen LogP contribution is -2.45. The van der Waals surface area contributed by atoms with Gasteiger partial charge >= 0.3 is 0 Å². The molecule has 0 saturated heterocycles. The molecule has 2 heteroatoms. The van der Waals surface area contributed by atoms with Gasteiger partial charge in [0.1, 0.15) is 0 Å². The fourth-order valence-electron chi connectivity index (χ4n) is 3.10. The zero-order valence-corrected chi connectivity index (χ0v) is 13.0. The van der Waals surface area contributed by atoms with Gasteiger partial charge in [-0.3, -0.25) is 0 Å². The van der Waals surface area contributed by atoms with Gasteiger partial charge in [-0.2, -0.15) is 0 Å². The van der Waals surface area contributed by atoms with E-state index in [0.29, 0.717) is 0 Å². The Bertz CT molecular complexity index is 205. The monoisotopic (exact) mass is 254 g/mol. The first-order valence-electron chi connectivity index (χ1n) is 8.18. The lowest BCUT2D eigenvalue weighted by molar-refractivity contribution is 0.127. The molecule has 0 aliphatic heterocycles. The average molecular weight is 254 g/mol. The van der Waals surface area contributed by atoms with Crippen molar-refractivity contribution in [2.75, 3.05) is 19.6 Å². The van der Waals surface area contributed by atoms with E-state index in [1.165, 1.54) is 58.2 Å². The van der Waals surface area contributed by atoms with Gasteiger partial charge in [0.15, 0.2) is 0 Å². The van der Waals surface area contributed by atoms with Gasteiger partial charge in [-0.05, 0) is 44.7 Å². The maximum Gasteiger partial charge on any atom is 0.0110 e. The van der Waals surface area contributed by atoms with E-state index in [2.05, 4.69) is 37.9 Å². The molecule has 1 aliphatic rings. The molecule has 0 amide bonds. The second kappa shape index (κ2) is 8.92. The lowest BCUT2D eigenvalue weighted by atomic mass is 9.89. The van der Waals surface area contributed by atoms with E-state index in [1.54, 1.807) is 0 Å². The van der Waals surface area contributed by atoms with Crippen molar-refractivity contribution in [3.05, 3.63) is 0 Å². The fourth-order valence-corrected chi connectivity index (χ4v) is 3.10. The van der Waals surface area contributed by atoms with Crippen molar-refractivity contribution in [3.63, 3.8) is 0 Å². The van der Waals surface area contributed by atoms with Crippen LogP contribution in [0.4, 0.5) is 0 Å². The van der Waals surface area contributed by atoms with Crippen LogP contribution in [0.1, 0.15) is 66.2 Å². The van der Waals surface area contributed by atoms with Gasteiger partial charge in [0, 0.05) is 18.6 Å². The van der Waals surface area contributed by atoms with Crippen molar-refractivity contribution in [1.29, 1.82) is 0 Å². The summed E-state index contributed by atoms with van der Waals surface area (Å²) < 4.78 is 0. The fraction of sp³-hybridized carbons (Fsp3) is 1.00. The summed E-state index contributed by atoms with van der Waals surface area (Å²) in [4.78, 5) is 2.73. The van der Waals surface area contributed by atoms with E-state index in [1.807, 2.05) is 0 Å². The summed E-state index contributed by atoms with van der Waals surface area (Å²) in [5.41, 5.74) is 0. The summed E-state index contributed by atoms with van der Waals surface area (Å²) in [7, 11) is 0. The first kappa shape index (κ1) is 16.0. The van der Waals surface area contributed by atoms with E-state index < -0.39 is 0 Å². The van der Waals surface area contributed by atoms with Crippen molar-refractivity contribution >= 4 is 0 Å². The topological polar surface area (TPSA) is 15.3 Å². The quantitative estimate of drug-likeness (QED) is 0.711. The van der Waals surface area contributed by atoms with E-state index >= 15 is 0 Å². The molecule has 18 heavy (non-hydrogen) atoms. The molecule has 1 N–H and O–H groups in total. The van der Waals surface area contributed by atoms with E-state index in [9.17, 15) is 0 Å². The summed E-state index contributed by atoms with van der Waals surface area (Å²) >= 11 is 0. The predicted molar refractivity (Wildman–Crippen MR) is 81.0 cm³/mol. The Morgan fingerprint density at radius 1 is 1.22 bits per heavy atom. The van der Waals surface area contributed by atoms with Gasteiger partial charge in [-0.25, -0.2) is 0 Å². The van der Waals surface area contributed by atoms with Gasteiger partial charge in [0.2, 0.25) is 0 Å². The Hall–Kier alpha value is -0.0800. The highest BCUT2D eigenvalue weighted by atomic mass is 15.2. The number of rotatable bonds is 8. The van der Waals surface area contributed by atoms with Crippen LogP contribution >= 0.6 is 0 Å². The second-order valence-corrected chi connectivity index (χ2v) is 6.07. The van der Waals surface area contributed by atoms with Crippen LogP contribution in [0.5, 0.6) is 0 Å². The molecule has 0 spiro atoms. The van der Waals surface area contributed by atoms with Crippen LogP contribution in [0.3, 0.4) is 0 Å². The number of hydrogen-bond acceptors (Lipinski definition) is 2. The van der Waals surface area contributed by atoms with Crippen molar-refractivity contribution < 1.29 is 0 Å². The molecule has 3 atom stereocenters. The van der Waals surface area contributed by atoms with Gasteiger partial charge in [0.05, 0.1) is 0 Å². The molecule has 0 aromatic carbocycles. The largest absolute Gasteiger partial charge is 0.314 e. The zero-order valence-electron chi connectivity index (χ0n) is 13.0. The summed E-state index contributed by atoms with van der Waals surface area (Å²) in [5, 5.41) is 3.72. The highest BCUT2D eigenvalue weighted by Gasteiger charge is 2.26. The third kappa shape index (κ3) is 5.27. The van der Waals surface area contributed by atoms with Crippen LogP contribution < -0.4 is 5.32 Å². The highest BCUT2D eigenvalue weighted by molar-refractivity contribution is 4.84. The lowest BCUT2D eigenvalue weighted by Gasteiger charge is -2.38. The Balaban J connectivity index is 2.41. The third-order valence-corrected chi connectivity index (χ3v) is 4.50. The molecule has 0 radical (unpaired) electrons. The predicted octanol–water partition coefficient (Wildman–Crippen LogP) is 3.67. The molecule has 1 saturated carbocycles. The van der Waals surface area contributed by atoms with Gasteiger partial charge in [-0.1, -0.05) is 40.5 Å². The first-order chi connectivity index (χ1) is 8.71. The number of nitrogens with one attached hydrogen (secondary N) is 1. The minimum Gasteiger partial charge on any atom is -0.314 e. The van der Waals surface area contributed by atoms with Crippen molar-refractivity contribution in [2.24, 2.45) is 5.92 Å². The minimum absolute atomic E-state index is 0.773. The van der Waals surface area contributed by atoms with E-state index in [0.717, 1.165) is 18.0 Å². The summed E-state index contributed by atoms with van der Waals surface area (Å²) in [5.74, 6) is 0.842. The standard InChI is InChI=1S/C16H34N2/c1-5-11-17-15-9-8-10-16(12-15)18(7-3)13-14(4)6-2/h14-17H,5-13H2,1-4H3. The summed E-state index contributed by atoms with van der Waals surface area (Å²) in [6, 6.07) is 1.60. The van der Waals surface area contributed by atoms with Crippen LogP contribution in [0.15, 0.2) is 0 Å². The molecule has 1 fully saturated rings. The molecule has 0 aromatic rings. The molecule has 1 rings (SSSR count). The molecule has 0 bridgehead atoms. The molecule has 2 nitrogen and oxygen atoms in total. The average Bonchev–Trinajstić information content (AvgIpc) is 2.42. The summed E-state index contributed by atoms with van der Waals surface area (Å²) in [6.07, 6.45) is 8.13. The Morgan fingerprint density at radius 2 is 2.00 bits per heavy atom. The SMILES string of the molecule is CCCNC1CCCC(N(CC)CC(C)CC)C1. The first-order valence-corrected chi connectivity index (χ1v) is 8.18. The van der Waals surface area contributed by atoms with Crippen LogP contribution in [-0.4, -0.2) is 36.6 Å². The zero-order chi connectivity index (χ0) is 13.4. The van der Waals surface area contributed by atoms with E-state index in [4.69, 9.17) is 0 Å². The summed E-state index contributed by atoms with van der Waals surface area (Å²) in [6.45, 7) is 13.0. The third-order valence-electron chi connectivity index (χ3n) is 4.50. The van der Waals surface area contributed by atoms with E-state index in [-0.39, 0.29) is 0 Å². The highest BCUT2D eigenvalue weighted by Crippen LogP contribution is 2.24.